The zero-order chi connectivity index (χ0) is 16.7. The van der Waals surface area contributed by atoms with Gasteiger partial charge in [-0.25, -0.2) is 0 Å². The Hall–Kier alpha value is -3.00. The topological polar surface area (TPSA) is 74.2 Å². The van der Waals surface area contributed by atoms with Crippen LogP contribution in [0.4, 0.5) is 11.4 Å². The van der Waals surface area contributed by atoms with E-state index in [-0.39, 0.29) is 5.91 Å². The van der Waals surface area contributed by atoms with Crippen LogP contribution in [0.3, 0.4) is 0 Å². The minimum atomic E-state index is -0.456. The molecule has 0 unspecified atom stereocenters. The van der Waals surface area contributed by atoms with Crippen LogP contribution in [0.2, 0.25) is 0 Å². The maximum atomic E-state index is 12.3. The van der Waals surface area contributed by atoms with E-state index in [1.54, 1.807) is 31.2 Å². The van der Waals surface area contributed by atoms with E-state index in [0.717, 1.165) is 5.69 Å². The third-order valence-corrected chi connectivity index (χ3v) is 3.21. The first kappa shape index (κ1) is 16.4. The molecule has 0 aliphatic rings. The first-order chi connectivity index (χ1) is 11.1. The van der Waals surface area contributed by atoms with E-state index in [1.165, 1.54) is 0 Å². The fraction of sp³-hybridized carbons (Fsp3) is 0.222. The Kier molecular flexibility index (Phi) is 5.59. The molecule has 0 bridgehead atoms. The summed E-state index contributed by atoms with van der Waals surface area (Å²) in [5, 5.41) is 14.8. The van der Waals surface area contributed by atoms with Gasteiger partial charge in [-0.2, -0.15) is 5.26 Å². The second-order valence-electron chi connectivity index (χ2n) is 4.98. The Morgan fingerprint density at radius 1 is 1.26 bits per heavy atom. The number of para-hydroxylation sites is 2. The summed E-state index contributed by atoms with van der Waals surface area (Å²) in [5.41, 5.74) is 1.87. The van der Waals surface area contributed by atoms with Crippen LogP contribution < -0.4 is 15.4 Å². The number of nitriles is 1. The molecule has 1 amide bonds. The van der Waals surface area contributed by atoms with Crippen molar-refractivity contribution < 1.29 is 9.53 Å². The minimum absolute atomic E-state index is 0.189. The molecule has 0 saturated heterocycles. The molecule has 0 spiro atoms. The highest BCUT2D eigenvalue weighted by molar-refractivity contribution is 5.96. The molecule has 0 aliphatic heterocycles. The van der Waals surface area contributed by atoms with Gasteiger partial charge in [0.2, 0.25) is 5.91 Å². The van der Waals surface area contributed by atoms with Crippen LogP contribution in [-0.4, -0.2) is 18.6 Å². The molecule has 0 saturated carbocycles. The van der Waals surface area contributed by atoms with Gasteiger partial charge >= 0.3 is 0 Å². The van der Waals surface area contributed by atoms with Crippen molar-refractivity contribution in [3.05, 3.63) is 54.1 Å². The molecule has 2 aromatic carbocycles. The molecule has 2 N–H and O–H groups in total. The predicted molar refractivity (Wildman–Crippen MR) is 90.5 cm³/mol. The van der Waals surface area contributed by atoms with Gasteiger partial charge in [-0.15, -0.1) is 0 Å². The normalized spacial score (nSPS) is 11.2. The molecule has 0 radical (unpaired) electrons. The third kappa shape index (κ3) is 4.48. The standard InChI is InChI=1S/C18H19N3O2/c1-3-23-17-10-5-4-9-16(17)20-13(2)18(22)21-15-8-6-7-14(11-15)12-19/h4-11,13,20H,3H2,1-2H3,(H,21,22)/t13-/m0/s1. The summed E-state index contributed by atoms with van der Waals surface area (Å²) >= 11 is 0. The summed E-state index contributed by atoms with van der Waals surface area (Å²) in [6.45, 7) is 4.24. The molecule has 2 rings (SSSR count). The molecule has 0 aromatic heterocycles. The van der Waals surface area contributed by atoms with Gasteiger partial charge in [0.05, 0.1) is 23.9 Å². The zero-order valence-corrected chi connectivity index (χ0v) is 13.2. The number of amides is 1. The maximum absolute atomic E-state index is 12.3. The van der Waals surface area contributed by atoms with E-state index in [0.29, 0.717) is 23.6 Å². The average Bonchev–Trinajstić information content (AvgIpc) is 2.57. The highest BCUT2D eigenvalue weighted by Crippen LogP contribution is 2.24. The van der Waals surface area contributed by atoms with Gasteiger partial charge in [0.1, 0.15) is 11.8 Å². The lowest BCUT2D eigenvalue weighted by Crippen LogP contribution is -2.32. The largest absolute Gasteiger partial charge is 0.492 e. The summed E-state index contributed by atoms with van der Waals surface area (Å²) in [5.74, 6) is 0.521. The highest BCUT2D eigenvalue weighted by Gasteiger charge is 2.15. The molecular formula is C18H19N3O2. The molecule has 5 nitrogen and oxygen atoms in total. The van der Waals surface area contributed by atoms with Crippen LogP contribution in [0.5, 0.6) is 5.75 Å². The van der Waals surface area contributed by atoms with Gasteiger partial charge in [-0.1, -0.05) is 18.2 Å². The molecule has 5 heteroatoms. The van der Waals surface area contributed by atoms with E-state index in [9.17, 15) is 4.79 Å². The van der Waals surface area contributed by atoms with Gasteiger partial charge in [-0.05, 0) is 44.2 Å². The summed E-state index contributed by atoms with van der Waals surface area (Å²) in [6.07, 6.45) is 0. The van der Waals surface area contributed by atoms with Gasteiger partial charge < -0.3 is 15.4 Å². The van der Waals surface area contributed by atoms with E-state index in [2.05, 4.69) is 10.6 Å². The van der Waals surface area contributed by atoms with Crippen LogP contribution in [0.1, 0.15) is 19.4 Å². The Morgan fingerprint density at radius 3 is 2.78 bits per heavy atom. The van der Waals surface area contributed by atoms with Crippen LogP contribution in [-0.2, 0) is 4.79 Å². The zero-order valence-electron chi connectivity index (χ0n) is 13.2. The minimum Gasteiger partial charge on any atom is -0.492 e. The SMILES string of the molecule is CCOc1ccccc1N[C@@H](C)C(=O)Nc1cccc(C#N)c1. The van der Waals surface area contributed by atoms with E-state index in [4.69, 9.17) is 10.00 Å². The molecule has 23 heavy (non-hydrogen) atoms. The lowest BCUT2D eigenvalue weighted by Gasteiger charge is -2.18. The highest BCUT2D eigenvalue weighted by atomic mass is 16.5. The maximum Gasteiger partial charge on any atom is 0.246 e. The number of carbonyl (C=O) groups is 1. The van der Waals surface area contributed by atoms with Crippen molar-refractivity contribution in [3.63, 3.8) is 0 Å². The summed E-state index contributed by atoms with van der Waals surface area (Å²) < 4.78 is 5.54. The monoisotopic (exact) mass is 309 g/mol. The number of ether oxygens (including phenoxy) is 1. The van der Waals surface area contributed by atoms with Crippen molar-refractivity contribution in [2.45, 2.75) is 19.9 Å². The van der Waals surface area contributed by atoms with Gasteiger partial charge in [-0.3, -0.25) is 4.79 Å². The number of benzene rings is 2. The van der Waals surface area contributed by atoms with Gasteiger partial charge in [0.25, 0.3) is 0 Å². The van der Waals surface area contributed by atoms with Crippen molar-refractivity contribution in [1.29, 1.82) is 5.26 Å². The average molecular weight is 309 g/mol. The van der Waals surface area contributed by atoms with Crippen molar-refractivity contribution in [2.75, 3.05) is 17.2 Å². The first-order valence-electron chi connectivity index (χ1n) is 7.43. The second kappa shape index (κ2) is 7.85. The van der Waals surface area contributed by atoms with Crippen molar-refractivity contribution in [1.82, 2.24) is 0 Å². The lowest BCUT2D eigenvalue weighted by molar-refractivity contribution is -0.116. The number of rotatable bonds is 6. The molecule has 1 atom stereocenters. The third-order valence-electron chi connectivity index (χ3n) is 3.21. The van der Waals surface area contributed by atoms with E-state index >= 15 is 0 Å². The van der Waals surface area contributed by atoms with Crippen LogP contribution in [0.15, 0.2) is 48.5 Å². The van der Waals surface area contributed by atoms with Crippen molar-refractivity contribution in [2.24, 2.45) is 0 Å². The quantitative estimate of drug-likeness (QED) is 0.857. The summed E-state index contributed by atoms with van der Waals surface area (Å²) in [7, 11) is 0. The van der Waals surface area contributed by atoms with E-state index < -0.39 is 6.04 Å². The molecule has 118 valence electrons. The molecule has 0 heterocycles. The fourth-order valence-corrected chi connectivity index (χ4v) is 2.08. The van der Waals surface area contributed by atoms with Crippen LogP contribution in [0, 0.1) is 11.3 Å². The number of nitrogens with zero attached hydrogens (tertiary/aromatic N) is 1. The van der Waals surface area contributed by atoms with E-state index in [1.807, 2.05) is 37.3 Å². The summed E-state index contributed by atoms with van der Waals surface area (Å²) in [6, 6.07) is 15.9. The number of carbonyl (C=O) groups excluding carboxylic acids is 1. The van der Waals surface area contributed by atoms with Gasteiger partial charge in [0, 0.05) is 5.69 Å². The van der Waals surface area contributed by atoms with Crippen LogP contribution >= 0.6 is 0 Å². The number of hydrogen-bond donors (Lipinski definition) is 2. The predicted octanol–water partition coefficient (Wildman–Crippen LogP) is 3.40. The summed E-state index contributed by atoms with van der Waals surface area (Å²) in [4.78, 5) is 12.3. The number of hydrogen-bond acceptors (Lipinski definition) is 4. The number of anilines is 2. The van der Waals surface area contributed by atoms with Crippen molar-refractivity contribution in [3.8, 4) is 11.8 Å². The second-order valence-corrected chi connectivity index (χ2v) is 4.98. The molecule has 2 aromatic rings. The Morgan fingerprint density at radius 2 is 2.04 bits per heavy atom. The molecular weight excluding hydrogens is 290 g/mol. The van der Waals surface area contributed by atoms with Crippen molar-refractivity contribution >= 4 is 17.3 Å². The molecule has 0 aliphatic carbocycles. The Balaban J connectivity index is 2.04. The Bertz CT molecular complexity index is 722. The lowest BCUT2D eigenvalue weighted by atomic mass is 10.2. The van der Waals surface area contributed by atoms with Crippen LogP contribution in [0.25, 0.3) is 0 Å². The first-order valence-corrected chi connectivity index (χ1v) is 7.43. The number of nitrogens with one attached hydrogen (secondary N) is 2. The fourth-order valence-electron chi connectivity index (χ4n) is 2.08. The Labute approximate surface area is 135 Å². The van der Waals surface area contributed by atoms with Gasteiger partial charge in [0.15, 0.2) is 0 Å². The smallest absolute Gasteiger partial charge is 0.246 e. The molecule has 0 fully saturated rings.